The van der Waals surface area contributed by atoms with E-state index in [1.165, 1.54) is 0 Å². The van der Waals surface area contributed by atoms with Crippen molar-refractivity contribution in [2.24, 2.45) is 4.99 Å². The molecule has 1 aromatic rings. The van der Waals surface area contributed by atoms with Gasteiger partial charge in [-0.1, -0.05) is 18.2 Å². The summed E-state index contributed by atoms with van der Waals surface area (Å²) >= 11 is 0. The molecule has 0 spiro atoms. The first-order valence-corrected chi connectivity index (χ1v) is 3.61. The van der Waals surface area contributed by atoms with Crippen LogP contribution in [0, 0.1) is 0 Å². The molecule has 0 unspecified atom stereocenters. The molecule has 0 radical (unpaired) electrons. The second kappa shape index (κ2) is 3.75. The van der Waals surface area contributed by atoms with E-state index >= 15 is 0 Å². The van der Waals surface area contributed by atoms with E-state index in [0.29, 0.717) is 0 Å². The number of hydrogen-bond acceptors (Lipinski definition) is 1. The molecule has 0 N–H and O–H groups in total. The van der Waals surface area contributed by atoms with Crippen molar-refractivity contribution in [1.82, 2.24) is 0 Å². The summed E-state index contributed by atoms with van der Waals surface area (Å²) in [5, 5.41) is 0. The normalized spacial score (nSPS) is 8.55. The quantitative estimate of drug-likeness (QED) is 0.539. The number of hydrogen-bond donors (Lipinski definition) is 0. The van der Waals surface area contributed by atoms with E-state index in [2.05, 4.69) is 10.9 Å². The lowest BCUT2D eigenvalue weighted by Gasteiger charge is -1.86. The van der Waals surface area contributed by atoms with Crippen LogP contribution < -0.4 is 0 Å². The van der Waals surface area contributed by atoms with Gasteiger partial charge < -0.3 is 0 Å². The molecule has 11 heavy (non-hydrogen) atoms. The van der Waals surface area contributed by atoms with E-state index in [9.17, 15) is 0 Å². The molecule has 0 amide bonds. The number of para-hydroxylation sites is 1. The van der Waals surface area contributed by atoms with Crippen molar-refractivity contribution in [3.05, 3.63) is 35.9 Å². The van der Waals surface area contributed by atoms with E-state index in [-0.39, 0.29) is 0 Å². The number of allylic oxidation sites excluding steroid dienone is 1. The Bertz CT molecular complexity index is 275. The van der Waals surface area contributed by atoms with E-state index in [0.717, 1.165) is 11.3 Å². The van der Waals surface area contributed by atoms with Crippen LogP contribution in [0.4, 0.5) is 5.69 Å². The highest BCUT2D eigenvalue weighted by atomic mass is 14.7. The zero-order chi connectivity index (χ0) is 8.10. The molecule has 0 aliphatic rings. The first-order chi connectivity index (χ1) is 5.29. The lowest BCUT2D eigenvalue weighted by molar-refractivity contribution is 1.43. The fraction of sp³-hybridized carbons (Fsp3) is 0.200. The van der Waals surface area contributed by atoms with Crippen LogP contribution in [-0.4, -0.2) is 5.87 Å². The Labute approximate surface area is 67.1 Å². The molecule has 0 heterocycles. The van der Waals surface area contributed by atoms with Gasteiger partial charge in [-0.15, -0.1) is 0 Å². The van der Waals surface area contributed by atoms with Crippen LogP contribution in [0.25, 0.3) is 0 Å². The SMILES string of the molecule is CC(C)=C=Nc1ccccc1. The molecule has 0 fully saturated rings. The molecule has 0 atom stereocenters. The maximum atomic E-state index is 4.12. The van der Waals surface area contributed by atoms with E-state index in [4.69, 9.17) is 0 Å². The zero-order valence-electron chi connectivity index (χ0n) is 6.83. The smallest absolute Gasteiger partial charge is 0.0729 e. The topological polar surface area (TPSA) is 12.4 Å². The van der Waals surface area contributed by atoms with Gasteiger partial charge in [-0.05, 0) is 37.4 Å². The third kappa shape index (κ3) is 2.83. The van der Waals surface area contributed by atoms with Crippen LogP contribution in [0.5, 0.6) is 0 Å². The van der Waals surface area contributed by atoms with Gasteiger partial charge in [0, 0.05) is 0 Å². The number of rotatable bonds is 1. The van der Waals surface area contributed by atoms with Gasteiger partial charge in [-0.2, -0.15) is 0 Å². The standard InChI is InChI=1S/C10H11N/c1-9(2)8-11-10-6-4-3-5-7-10/h3-7H,1-2H3. The average Bonchev–Trinajstić information content (AvgIpc) is 2.03. The number of nitrogens with zero attached hydrogens (tertiary/aromatic N) is 1. The van der Waals surface area contributed by atoms with Crippen molar-refractivity contribution in [3.8, 4) is 0 Å². The summed E-state index contributed by atoms with van der Waals surface area (Å²) in [6.07, 6.45) is 0. The molecule has 1 heteroatoms. The molecular formula is C10H11N. The first kappa shape index (κ1) is 7.77. The van der Waals surface area contributed by atoms with Gasteiger partial charge in [0.05, 0.1) is 5.69 Å². The molecule has 1 rings (SSSR count). The Morgan fingerprint density at radius 2 is 1.82 bits per heavy atom. The summed E-state index contributed by atoms with van der Waals surface area (Å²) in [6, 6.07) is 9.81. The summed E-state index contributed by atoms with van der Waals surface area (Å²) in [7, 11) is 0. The summed E-state index contributed by atoms with van der Waals surface area (Å²) < 4.78 is 0. The van der Waals surface area contributed by atoms with Crippen LogP contribution >= 0.6 is 0 Å². The van der Waals surface area contributed by atoms with Crippen LogP contribution in [0.15, 0.2) is 40.9 Å². The van der Waals surface area contributed by atoms with Crippen molar-refractivity contribution in [3.63, 3.8) is 0 Å². The molecule has 0 aliphatic heterocycles. The molecule has 56 valence electrons. The Balaban J connectivity index is 2.89. The maximum absolute atomic E-state index is 4.12. The largest absolute Gasteiger partial charge is 0.206 e. The maximum Gasteiger partial charge on any atom is 0.0729 e. The first-order valence-electron chi connectivity index (χ1n) is 3.61. The zero-order valence-corrected chi connectivity index (χ0v) is 6.83. The molecule has 0 saturated carbocycles. The van der Waals surface area contributed by atoms with Crippen molar-refractivity contribution in [2.45, 2.75) is 13.8 Å². The fourth-order valence-corrected chi connectivity index (χ4v) is 0.679. The highest BCUT2D eigenvalue weighted by Gasteiger charge is 1.80. The van der Waals surface area contributed by atoms with Crippen LogP contribution in [0.1, 0.15) is 13.8 Å². The predicted molar refractivity (Wildman–Crippen MR) is 48.4 cm³/mol. The van der Waals surface area contributed by atoms with Gasteiger partial charge in [-0.3, -0.25) is 0 Å². The number of aliphatic imine (C=N–C) groups is 1. The third-order valence-corrected chi connectivity index (χ3v) is 1.16. The second-order valence-corrected chi connectivity index (χ2v) is 2.56. The van der Waals surface area contributed by atoms with Gasteiger partial charge in [0.1, 0.15) is 0 Å². The molecular weight excluding hydrogens is 134 g/mol. The molecule has 0 aliphatic carbocycles. The minimum absolute atomic E-state index is 0.953. The van der Waals surface area contributed by atoms with E-state index in [1.54, 1.807) is 0 Å². The lowest BCUT2D eigenvalue weighted by atomic mass is 10.3. The number of benzene rings is 1. The van der Waals surface area contributed by atoms with Crippen LogP contribution in [-0.2, 0) is 0 Å². The Kier molecular flexibility index (Phi) is 2.65. The highest BCUT2D eigenvalue weighted by Crippen LogP contribution is 2.07. The van der Waals surface area contributed by atoms with Crippen molar-refractivity contribution >= 4 is 11.6 Å². The average molecular weight is 145 g/mol. The molecule has 0 saturated heterocycles. The van der Waals surface area contributed by atoms with Gasteiger partial charge in [0.2, 0.25) is 0 Å². The van der Waals surface area contributed by atoms with Gasteiger partial charge in [-0.25, -0.2) is 4.99 Å². The highest BCUT2D eigenvalue weighted by molar-refractivity contribution is 5.61. The summed E-state index contributed by atoms with van der Waals surface area (Å²) in [4.78, 5) is 4.12. The van der Waals surface area contributed by atoms with Crippen molar-refractivity contribution < 1.29 is 0 Å². The molecule has 0 bridgehead atoms. The minimum Gasteiger partial charge on any atom is -0.206 e. The monoisotopic (exact) mass is 145 g/mol. The van der Waals surface area contributed by atoms with Crippen molar-refractivity contribution in [1.29, 1.82) is 0 Å². The van der Waals surface area contributed by atoms with Gasteiger partial charge in [0.15, 0.2) is 0 Å². The van der Waals surface area contributed by atoms with Crippen LogP contribution in [0.3, 0.4) is 0 Å². The summed E-state index contributed by atoms with van der Waals surface area (Å²) in [5.74, 6) is 2.90. The summed E-state index contributed by atoms with van der Waals surface area (Å²) in [5.41, 5.74) is 2.04. The van der Waals surface area contributed by atoms with Gasteiger partial charge >= 0.3 is 0 Å². The Hall–Kier alpha value is -1.33. The predicted octanol–water partition coefficient (Wildman–Crippen LogP) is 2.95. The van der Waals surface area contributed by atoms with Gasteiger partial charge in [0.25, 0.3) is 0 Å². The lowest BCUT2D eigenvalue weighted by Crippen LogP contribution is -1.64. The Morgan fingerprint density at radius 3 is 2.36 bits per heavy atom. The van der Waals surface area contributed by atoms with Crippen molar-refractivity contribution in [2.75, 3.05) is 0 Å². The van der Waals surface area contributed by atoms with Crippen LogP contribution in [0.2, 0.25) is 0 Å². The molecule has 1 aromatic carbocycles. The summed E-state index contributed by atoms with van der Waals surface area (Å²) in [6.45, 7) is 3.96. The Morgan fingerprint density at radius 1 is 1.18 bits per heavy atom. The van der Waals surface area contributed by atoms with E-state index in [1.807, 2.05) is 44.2 Å². The molecule has 1 nitrogen and oxygen atoms in total. The van der Waals surface area contributed by atoms with E-state index < -0.39 is 0 Å². The minimum atomic E-state index is 0.953. The molecule has 0 aromatic heterocycles. The second-order valence-electron chi connectivity index (χ2n) is 2.56. The third-order valence-electron chi connectivity index (χ3n) is 1.16. The fourth-order valence-electron chi connectivity index (χ4n) is 0.679.